The van der Waals surface area contributed by atoms with Crippen molar-refractivity contribution in [2.45, 2.75) is 25.6 Å². The Bertz CT molecular complexity index is 161. The Labute approximate surface area is 65.7 Å². The zero-order valence-electron chi connectivity index (χ0n) is 6.32. The lowest BCUT2D eigenvalue weighted by Gasteiger charge is -2.08. The van der Waals surface area contributed by atoms with Crippen molar-refractivity contribution in [3.8, 4) is 0 Å². The average molecular weight is 156 g/mol. The van der Waals surface area contributed by atoms with Crippen LogP contribution in [0.1, 0.15) is 19.3 Å². The topological polar surface area (TPSA) is 46.5 Å². The van der Waals surface area contributed by atoms with Crippen LogP contribution in [0.2, 0.25) is 0 Å². The maximum atomic E-state index is 10.9. The minimum Gasteiger partial charge on any atom is -0.435 e. The molecule has 0 saturated heterocycles. The summed E-state index contributed by atoms with van der Waals surface area (Å²) < 4.78 is 4.66. The van der Waals surface area contributed by atoms with E-state index in [4.69, 9.17) is 5.11 Å². The molecule has 3 nitrogen and oxygen atoms in total. The predicted octanol–water partition coefficient (Wildman–Crippen LogP) is 0.834. The van der Waals surface area contributed by atoms with E-state index in [1.807, 2.05) is 0 Å². The van der Waals surface area contributed by atoms with E-state index in [0.29, 0.717) is 6.42 Å². The molecule has 3 heteroatoms. The first kappa shape index (κ1) is 8.27. The quantitative estimate of drug-likeness (QED) is 0.372. The largest absolute Gasteiger partial charge is 0.435 e. The highest BCUT2D eigenvalue weighted by Crippen LogP contribution is 2.30. The van der Waals surface area contributed by atoms with E-state index < -0.39 is 6.29 Å². The fourth-order valence-corrected chi connectivity index (χ4v) is 0.740. The number of carbonyl (C=O) groups excluding carboxylic acids is 1. The second kappa shape index (κ2) is 3.53. The summed E-state index contributed by atoms with van der Waals surface area (Å²) in [6, 6.07) is 0. The molecule has 1 aliphatic carbocycles. The fourth-order valence-electron chi connectivity index (χ4n) is 0.740. The van der Waals surface area contributed by atoms with Crippen molar-refractivity contribution in [3.63, 3.8) is 0 Å². The van der Waals surface area contributed by atoms with E-state index in [1.54, 1.807) is 0 Å². The number of esters is 1. The highest BCUT2D eigenvalue weighted by Gasteiger charge is 2.32. The molecule has 1 atom stereocenters. The molecule has 1 rings (SSSR count). The smallest absolute Gasteiger partial charge is 0.311 e. The number of hydrogen-bond acceptors (Lipinski definition) is 3. The Kier molecular flexibility index (Phi) is 2.65. The Morgan fingerprint density at radius 1 is 1.82 bits per heavy atom. The molecule has 0 aromatic carbocycles. The van der Waals surface area contributed by atoms with Gasteiger partial charge in [-0.25, -0.2) is 0 Å². The molecular weight excluding hydrogens is 144 g/mol. The van der Waals surface area contributed by atoms with Crippen LogP contribution in [0, 0.1) is 5.92 Å². The van der Waals surface area contributed by atoms with Gasteiger partial charge in [0, 0.05) is 6.42 Å². The third kappa shape index (κ3) is 2.72. The van der Waals surface area contributed by atoms with E-state index in [9.17, 15) is 4.79 Å². The minimum atomic E-state index is -0.999. The van der Waals surface area contributed by atoms with Crippen LogP contribution < -0.4 is 0 Å². The Hall–Kier alpha value is -0.830. The van der Waals surface area contributed by atoms with Gasteiger partial charge in [0.15, 0.2) is 0 Å². The first-order valence-corrected chi connectivity index (χ1v) is 3.73. The standard InChI is InChI=1S/C8H12O3/c1-2-3-7(9)11-8(10)6-4-5-6/h2,6-7,9H,1,3-5H2. The van der Waals surface area contributed by atoms with Crippen LogP contribution in [0.25, 0.3) is 0 Å². The maximum Gasteiger partial charge on any atom is 0.311 e. The molecule has 62 valence electrons. The molecule has 1 fully saturated rings. The van der Waals surface area contributed by atoms with Crippen molar-refractivity contribution in [2.24, 2.45) is 5.92 Å². The molecule has 0 aliphatic heterocycles. The summed E-state index contributed by atoms with van der Waals surface area (Å²) in [6.45, 7) is 3.42. The molecule has 1 N–H and O–H groups in total. The number of aliphatic hydroxyl groups excluding tert-OH is 1. The van der Waals surface area contributed by atoms with Gasteiger partial charge in [-0.05, 0) is 12.8 Å². The molecular formula is C8H12O3. The van der Waals surface area contributed by atoms with E-state index >= 15 is 0 Å². The second-order valence-electron chi connectivity index (χ2n) is 2.69. The molecule has 0 amide bonds. The lowest BCUT2D eigenvalue weighted by Crippen LogP contribution is -2.17. The lowest BCUT2D eigenvalue weighted by molar-refractivity contribution is -0.168. The van der Waals surface area contributed by atoms with E-state index in [2.05, 4.69) is 11.3 Å². The molecule has 0 heterocycles. The highest BCUT2D eigenvalue weighted by atomic mass is 16.6. The van der Waals surface area contributed by atoms with Crippen molar-refractivity contribution in [1.29, 1.82) is 0 Å². The predicted molar refractivity (Wildman–Crippen MR) is 39.6 cm³/mol. The normalized spacial score (nSPS) is 19.0. The minimum absolute atomic E-state index is 0.0504. The SMILES string of the molecule is C=CCC(O)OC(=O)C1CC1. The molecule has 0 aromatic rings. The van der Waals surface area contributed by atoms with Gasteiger partial charge in [-0.15, -0.1) is 6.58 Å². The number of ether oxygens (including phenoxy) is 1. The number of hydrogen-bond donors (Lipinski definition) is 1. The summed E-state index contributed by atoms with van der Waals surface area (Å²) >= 11 is 0. The van der Waals surface area contributed by atoms with Crippen LogP contribution >= 0.6 is 0 Å². The van der Waals surface area contributed by atoms with Gasteiger partial charge in [-0.3, -0.25) is 4.79 Å². The van der Waals surface area contributed by atoms with Crippen LogP contribution in [0.5, 0.6) is 0 Å². The van der Waals surface area contributed by atoms with Crippen molar-refractivity contribution >= 4 is 5.97 Å². The maximum absolute atomic E-state index is 10.9. The summed E-state index contributed by atoms with van der Waals surface area (Å²) in [7, 11) is 0. The summed E-state index contributed by atoms with van der Waals surface area (Å²) in [5, 5.41) is 8.98. The summed E-state index contributed by atoms with van der Waals surface area (Å²) in [5.74, 6) is -0.228. The molecule has 11 heavy (non-hydrogen) atoms. The van der Waals surface area contributed by atoms with Gasteiger partial charge in [0.25, 0.3) is 0 Å². The van der Waals surface area contributed by atoms with Gasteiger partial charge in [0.1, 0.15) is 0 Å². The molecule has 1 unspecified atom stereocenters. The number of carbonyl (C=O) groups is 1. The molecule has 1 saturated carbocycles. The van der Waals surface area contributed by atoms with Crippen molar-refractivity contribution in [1.82, 2.24) is 0 Å². The van der Waals surface area contributed by atoms with Crippen LogP contribution in [-0.2, 0) is 9.53 Å². The third-order valence-electron chi connectivity index (χ3n) is 1.53. The van der Waals surface area contributed by atoms with Crippen LogP contribution in [-0.4, -0.2) is 17.4 Å². The van der Waals surface area contributed by atoms with Crippen LogP contribution in [0.15, 0.2) is 12.7 Å². The molecule has 0 aromatic heterocycles. The first-order chi connectivity index (χ1) is 5.24. The average Bonchev–Trinajstić information content (AvgIpc) is 2.67. The van der Waals surface area contributed by atoms with E-state index in [1.165, 1.54) is 6.08 Å². The van der Waals surface area contributed by atoms with Crippen LogP contribution in [0.4, 0.5) is 0 Å². The number of aliphatic hydroxyl groups is 1. The van der Waals surface area contributed by atoms with Gasteiger partial charge in [-0.2, -0.15) is 0 Å². The summed E-state index contributed by atoms with van der Waals surface area (Å²) in [6.07, 6.45) is 2.63. The summed E-state index contributed by atoms with van der Waals surface area (Å²) in [4.78, 5) is 10.9. The third-order valence-corrected chi connectivity index (χ3v) is 1.53. The van der Waals surface area contributed by atoms with Crippen LogP contribution in [0.3, 0.4) is 0 Å². The van der Waals surface area contributed by atoms with Crippen molar-refractivity contribution in [2.75, 3.05) is 0 Å². The Morgan fingerprint density at radius 3 is 2.91 bits per heavy atom. The second-order valence-corrected chi connectivity index (χ2v) is 2.69. The molecule has 0 spiro atoms. The number of rotatable bonds is 4. The van der Waals surface area contributed by atoms with Crippen molar-refractivity contribution < 1.29 is 14.6 Å². The molecule has 0 radical (unpaired) electrons. The zero-order chi connectivity index (χ0) is 8.27. The van der Waals surface area contributed by atoms with Gasteiger partial charge >= 0.3 is 5.97 Å². The van der Waals surface area contributed by atoms with E-state index in [-0.39, 0.29) is 11.9 Å². The fraction of sp³-hybridized carbons (Fsp3) is 0.625. The van der Waals surface area contributed by atoms with E-state index in [0.717, 1.165) is 12.8 Å². The zero-order valence-corrected chi connectivity index (χ0v) is 6.32. The molecule has 0 bridgehead atoms. The summed E-state index contributed by atoms with van der Waals surface area (Å²) in [5.41, 5.74) is 0. The van der Waals surface area contributed by atoms with Gasteiger partial charge in [0.05, 0.1) is 5.92 Å². The Balaban J connectivity index is 2.17. The highest BCUT2D eigenvalue weighted by molar-refractivity contribution is 5.74. The van der Waals surface area contributed by atoms with Gasteiger partial charge in [0.2, 0.25) is 6.29 Å². The Morgan fingerprint density at radius 2 is 2.45 bits per heavy atom. The van der Waals surface area contributed by atoms with Gasteiger partial charge < -0.3 is 9.84 Å². The monoisotopic (exact) mass is 156 g/mol. The molecule has 1 aliphatic rings. The van der Waals surface area contributed by atoms with Crippen molar-refractivity contribution in [3.05, 3.63) is 12.7 Å². The lowest BCUT2D eigenvalue weighted by atomic mass is 10.4. The first-order valence-electron chi connectivity index (χ1n) is 3.73. The van der Waals surface area contributed by atoms with Gasteiger partial charge in [-0.1, -0.05) is 6.08 Å².